The lowest BCUT2D eigenvalue weighted by atomic mass is 9.69. The van der Waals surface area contributed by atoms with Gasteiger partial charge in [-0.1, -0.05) is 13.8 Å². The molecule has 1 aliphatic rings. The monoisotopic (exact) mass is 212 g/mol. The molecule has 2 heteroatoms. The molecule has 0 aromatic rings. The second-order valence-corrected chi connectivity index (χ2v) is 5.54. The Morgan fingerprint density at radius 3 is 2.07 bits per heavy atom. The van der Waals surface area contributed by atoms with Crippen LogP contribution in [0.25, 0.3) is 0 Å². The molecule has 88 valence electrons. The van der Waals surface area contributed by atoms with Crippen LogP contribution in [0.2, 0.25) is 0 Å². The Hall–Kier alpha value is -0.370. The summed E-state index contributed by atoms with van der Waals surface area (Å²) in [4.78, 5) is 11.2. The third-order valence-corrected chi connectivity index (χ3v) is 4.30. The topological polar surface area (TPSA) is 37.3 Å². The Balaban J connectivity index is 2.54. The van der Waals surface area contributed by atoms with Crippen molar-refractivity contribution in [2.75, 3.05) is 0 Å². The van der Waals surface area contributed by atoms with Crippen LogP contribution >= 0.6 is 0 Å². The molecule has 2 nitrogen and oxygen atoms in total. The molecule has 1 atom stereocenters. The van der Waals surface area contributed by atoms with Gasteiger partial charge < -0.3 is 5.11 Å². The molecule has 1 saturated carbocycles. The fourth-order valence-electron chi connectivity index (χ4n) is 2.56. The van der Waals surface area contributed by atoms with Crippen LogP contribution < -0.4 is 0 Å². The van der Waals surface area contributed by atoms with E-state index in [0.29, 0.717) is 11.7 Å². The number of hydrogen-bond donors (Lipinski definition) is 1. The number of aliphatic hydroxyl groups is 1. The molecule has 1 aliphatic carbocycles. The Morgan fingerprint density at radius 2 is 1.73 bits per heavy atom. The normalized spacial score (nSPS) is 31.3. The van der Waals surface area contributed by atoms with E-state index in [9.17, 15) is 9.90 Å². The van der Waals surface area contributed by atoms with E-state index in [1.165, 1.54) is 0 Å². The second kappa shape index (κ2) is 4.65. The van der Waals surface area contributed by atoms with Crippen LogP contribution in [0.1, 0.15) is 53.4 Å². The third-order valence-electron chi connectivity index (χ3n) is 4.30. The average molecular weight is 212 g/mol. The summed E-state index contributed by atoms with van der Waals surface area (Å²) in [6, 6.07) is 0. The SMILES string of the molecule is CC(=O)C1CCC(C(C)(O)C(C)C)CC1. The number of ketones is 1. The number of rotatable bonds is 3. The Morgan fingerprint density at radius 1 is 1.27 bits per heavy atom. The molecule has 0 bridgehead atoms. The molecule has 1 unspecified atom stereocenters. The van der Waals surface area contributed by atoms with Gasteiger partial charge in [0.2, 0.25) is 0 Å². The van der Waals surface area contributed by atoms with Gasteiger partial charge in [-0.05, 0) is 51.4 Å². The average Bonchev–Trinajstić information content (AvgIpc) is 2.17. The maximum absolute atomic E-state index is 11.2. The highest BCUT2D eigenvalue weighted by Gasteiger charge is 2.37. The third kappa shape index (κ3) is 2.81. The zero-order valence-electron chi connectivity index (χ0n) is 10.4. The summed E-state index contributed by atoms with van der Waals surface area (Å²) in [7, 11) is 0. The van der Waals surface area contributed by atoms with Crippen molar-refractivity contribution in [1.82, 2.24) is 0 Å². The number of carbonyl (C=O) groups excluding carboxylic acids is 1. The van der Waals surface area contributed by atoms with Gasteiger partial charge in [0.1, 0.15) is 5.78 Å². The molecule has 0 amide bonds. The van der Waals surface area contributed by atoms with Gasteiger partial charge in [0.05, 0.1) is 5.60 Å². The summed E-state index contributed by atoms with van der Waals surface area (Å²) in [5, 5.41) is 10.4. The van der Waals surface area contributed by atoms with Crippen molar-refractivity contribution in [2.45, 2.75) is 59.0 Å². The summed E-state index contributed by atoms with van der Waals surface area (Å²) < 4.78 is 0. The van der Waals surface area contributed by atoms with E-state index in [2.05, 4.69) is 13.8 Å². The van der Waals surface area contributed by atoms with Crippen molar-refractivity contribution in [3.05, 3.63) is 0 Å². The van der Waals surface area contributed by atoms with Crippen LogP contribution in [-0.2, 0) is 4.79 Å². The van der Waals surface area contributed by atoms with Crippen molar-refractivity contribution < 1.29 is 9.90 Å². The largest absolute Gasteiger partial charge is 0.390 e. The van der Waals surface area contributed by atoms with Gasteiger partial charge >= 0.3 is 0 Å². The quantitative estimate of drug-likeness (QED) is 0.781. The zero-order valence-corrected chi connectivity index (χ0v) is 10.4. The van der Waals surface area contributed by atoms with Crippen molar-refractivity contribution in [3.8, 4) is 0 Å². The Bertz CT molecular complexity index is 223. The predicted octanol–water partition coefficient (Wildman–Crippen LogP) is 2.79. The van der Waals surface area contributed by atoms with Gasteiger partial charge in [-0.25, -0.2) is 0 Å². The minimum atomic E-state index is -0.568. The fraction of sp³-hybridized carbons (Fsp3) is 0.923. The highest BCUT2D eigenvalue weighted by molar-refractivity contribution is 5.78. The van der Waals surface area contributed by atoms with Gasteiger partial charge in [0.15, 0.2) is 0 Å². The van der Waals surface area contributed by atoms with Crippen LogP contribution in [0, 0.1) is 17.8 Å². The second-order valence-electron chi connectivity index (χ2n) is 5.54. The van der Waals surface area contributed by atoms with E-state index < -0.39 is 5.60 Å². The lowest BCUT2D eigenvalue weighted by Gasteiger charge is -2.40. The van der Waals surface area contributed by atoms with Crippen LogP contribution in [0.4, 0.5) is 0 Å². The molecule has 0 radical (unpaired) electrons. The van der Waals surface area contributed by atoms with Gasteiger partial charge in [0.25, 0.3) is 0 Å². The standard InChI is InChI=1S/C13H24O2/c1-9(2)13(4,15)12-7-5-11(6-8-12)10(3)14/h9,11-12,15H,5-8H2,1-4H3. The van der Waals surface area contributed by atoms with E-state index in [4.69, 9.17) is 0 Å². The smallest absolute Gasteiger partial charge is 0.132 e. The molecule has 0 spiro atoms. The maximum Gasteiger partial charge on any atom is 0.132 e. The number of hydrogen-bond acceptors (Lipinski definition) is 2. The molecule has 0 heterocycles. The van der Waals surface area contributed by atoms with E-state index in [-0.39, 0.29) is 11.8 Å². The first-order valence-corrected chi connectivity index (χ1v) is 6.08. The minimum absolute atomic E-state index is 0.254. The van der Waals surface area contributed by atoms with E-state index in [1.54, 1.807) is 6.92 Å². The number of carbonyl (C=O) groups is 1. The molecule has 1 fully saturated rings. The first kappa shape index (κ1) is 12.7. The lowest BCUT2D eigenvalue weighted by Crippen LogP contribution is -2.42. The predicted molar refractivity (Wildman–Crippen MR) is 61.6 cm³/mol. The number of Topliss-reactive ketones (excluding diaryl/α,β-unsaturated/α-hetero) is 1. The Kier molecular flexibility index (Phi) is 3.93. The van der Waals surface area contributed by atoms with E-state index in [0.717, 1.165) is 25.7 Å². The van der Waals surface area contributed by atoms with Gasteiger partial charge in [0, 0.05) is 5.92 Å². The molecule has 1 rings (SSSR count). The lowest BCUT2D eigenvalue weighted by molar-refractivity contribution is -0.123. The molecular weight excluding hydrogens is 188 g/mol. The van der Waals surface area contributed by atoms with Crippen LogP contribution in [0.3, 0.4) is 0 Å². The molecular formula is C13H24O2. The van der Waals surface area contributed by atoms with Crippen LogP contribution in [-0.4, -0.2) is 16.5 Å². The van der Waals surface area contributed by atoms with Gasteiger partial charge in [-0.15, -0.1) is 0 Å². The first-order valence-electron chi connectivity index (χ1n) is 6.08. The molecule has 0 saturated heterocycles. The van der Waals surface area contributed by atoms with E-state index >= 15 is 0 Å². The highest BCUT2D eigenvalue weighted by Crippen LogP contribution is 2.39. The maximum atomic E-state index is 11.2. The summed E-state index contributed by atoms with van der Waals surface area (Å²) in [6.45, 7) is 7.76. The van der Waals surface area contributed by atoms with Crippen LogP contribution in [0.5, 0.6) is 0 Å². The zero-order chi connectivity index (χ0) is 11.6. The van der Waals surface area contributed by atoms with Crippen molar-refractivity contribution >= 4 is 5.78 Å². The fourth-order valence-corrected chi connectivity index (χ4v) is 2.56. The molecule has 1 N–H and O–H groups in total. The van der Waals surface area contributed by atoms with Gasteiger partial charge in [-0.3, -0.25) is 4.79 Å². The van der Waals surface area contributed by atoms with Crippen molar-refractivity contribution in [2.24, 2.45) is 17.8 Å². The molecule has 0 aromatic carbocycles. The summed E-state index contributed by atoms with van der Waals surface area (Å²) in [6.07, 6.45) is 3.91. The van der Waals surface area contributed by atoms with Crippen molar-refractivity contribution in [1.29, 1.82) is 0 Å². The summed E-state index contributed by atoms with van der Waals surface area (Å²) in [5.74, 6) is 1.23. The summed E-state index contributed by atoms with van der Waals surface area (Å²) >= 11 is 0. The molecule has 0 aromatic heterocycles. The van der Waals surface area contributed by atoms with Crippen LogP contribution in [0.15, 0.2) is 0 Å². The van der Waals surface area contributed by atoms with E-state index in [1.807, 2.05) is 6.92 Å². The first-order chi connectivity index (χ1) is 6.85. The van der Waals surface area contributed by atoms with Gasteiger partial charge in [-0.2, -0.15) is 0 Å². The highest BCUT2D eigenvalue weighted by atomic mass is 16.3. The minimum Gasteiger partial charge on any atom is -0.390 e. The molecule has 0 aliphatic heterocycles. The Labute approximate surface area is 93.1 Å². The summed E-state index contributed by atoms with van der Waals surface area (Å²) in [5.41, 5.74) is -0.568. The van der Waals surface area contributed by atoms with Crippen molar-refractivity contribution in [3.63, 3.8) is 0 Å². The molecule has 15 heavy (non-hydrogen) atoms.